The molecule has 0 unspecified atom stereocenters. The van der Waals surface area contributed by atoms with E-state index in [0.29, 0.717) is 0 Å². The fraction of sp³-hybridized carbons (Fsp3) is 0.118. The van der Waals surface area contributed by atoms with Crippen molar-refractivity contribution >= 4 is 29.4 Å². The second kappa shape index (κ2) is 7.17. The number of anilines is 1. The summed E-state index contributed by atoms with van der Waals surface area (Å²) in [4.78, 5) is 16.5. The highest BCUT2D eigenvalue weighted by Gasteiger charge is 2.01. The van der Waals surface area contributed by atoms with Crippen molar-refractivity contribution in [3.8, 4) is 0 Å². The molecule has 2 aromatic rings. The minimum atomic E-state index is -0.410. The second-order valence-corrected chi connectivity index (χ2v) is 4.90. The van der Waals surface area contributed by atoms with Gasteiger partial charge in [-0.2, -0.15) is 0 Å². The molecule has 0 fully saturated rings. The number of aliphatic imine (C=N–C) groups is 1. The van der Waals surface area contributed by atoms with Crippen LogP contribution < -0.4 is 4.90 Å². The first-order valence-electron chi connectivity index (χ1n) is 6.79. The van der Waals surface area contributed by atoms with Crippen molar-refractivity contribution in [2.75, 3.05) is 19.0 Å². The smallest absolute Gasteiger partial charge is 0.269 e. The van der Waals surface area contributed by atoms with Gasteiger partial charge in [-0.3, -0.25) is 15.1 Å². The van der Waals surface area contributed by atoms with Gasteiger partial charge in [0.05, 0.1) is 10.6 Å². The molecule has 0 aliphatic carbocycles. The van der Waals surface area contributed by atoms with E-state index in [1.807, 2.05) is 49.3 Å². The lowest BCUT2D eigenvalue weighted by Gasteiger charge is -2.11. The van der Waals surface area contributed by atoms with Gasteiger partial charge in [0, 0.05) is 38.1 Å². The van der Waals surface area contributed by atoms with Crippen LogP contribution in [-0.2, 0) is 0 Å². The van der Waals surface area contributed by atoms with Crippen molar-refractivity contribution in [3.05, 3.63) is 70.3 Å². The molecular weight excluding hydrogens is 278 g/mol. The maximum atomic E-state index is 10.6. The molecule has 0 bridgehead atoms. The van der Waals surface area contributed by atoms with Crippen LogP contribution in [0.15, 0.2) is 59.6 Å². The number of nitrogens with zero attached hydrogens (tertiary/aromatic N) is 3. The molecule has 0 atom stereocenters. The SMILES string of the molecule is CN(C)c1ccc(N=C/C=C/c2ccc([N+](=O)[O-])cc2)cc1. The van der Waals surface area contributed by atoms with Gasteiger partial charge < -0.3 is 4.90 Å². The number of nitro benzene ring substituents is 1. The van der Waals surface area contributed by atoms with Crippen molar-refractivity contribution in [2.45, 2.75) is 0 Å². The Bertz CT molecular complexity index is 687. The van der Waals surface area contributed by atoms with Crippen molar-refractivity contribution in [2.24, 2.45) is 4.99 Å². The third-order valence-electron chi connectivity index (χ3n) is 3.07. The zero-order chi connectivity index (χ0) is 15.9. The summed E-state index contributed by atoms with van der Waals surface area (Å²) in [5, 5.41) is 10.6. The van der Waals surface area contributed by atoms with E-state index in [1.165, 1.54) is 12.1 Å². The fourth-order valence-corrected chi connectivity index (χ4v) is 1.83. The van der Waals surface area contributed by atoms with E-state index >= 15 is 0 Å². The molecule has 0 aliphatic heterocycles. The van der Waals surface area contributed by atoms with Crippen LogP contribution in [0, 0.1) is 10.1 Å². The Hall–Kier alpha value is -2.95. The first kappa shape index (κ1) is 15.4. The molecule has 0 spiro atoms. The maximum absolute atomic E-state index is 10.6. The largest absolute Gasteiger partial charge is 0.378 e. The molecule has 22 heavy (non-hydrogen) atoms. The molecule has 0 N–H and O–H groups in total. The lowest BCUT2D eigenvalue weighted by molar-refractivity contribution is -0.384. The average Bonchev–Trinajstić information content (AvgIpc) is 2.52. The van der Waals surface area contributed by atoms with Crippen LogP contribution in [0.4, 0.5) is 17.1 Å². The van der Waals surface area contributed by atoms with E-state index in [1.54, 1.807) is 24.4 Å². The summed E-state index contributed by atoms with van der Waals surface area (Å²) in [6, 6.07) is 14.3. The zero-order valence-corrected chi connectivity index (χ0v) is 12.5. The first-order chi connectivity index (χ1) is 10.6. The maximum Gasteiger partial charge on any atom is 0.269 e. The molecule has 0 aliphatic rings. The summed E-state index contributed by atoms with van der Waals surface area (Å²) >= 11 is 0. The van der Waals surface area contributed by atoms with E-state index in [0.717, 1.165) is 16.9 Å². The van der Waals surface area contributed by atoms with Crippen molar-refractivity contribution in [1.82, 2.24) is 0 Å². The van der Waals surface area contributed by atoms with Gasteiger partial charge in [-0.25, -0.2) is 0 Å². The number of non-ortho nitro benzene ring substituents is 1. The highest BCUT2D eigenvalue weighted by molar-refractivity contribution is 5.80. The minimum Gasteiger partial charge on any atom is -0.378 e. The third kappa shape index (κ3) is 4.28. The van der Waals surface area contributed by atoms with Crippen molar-refractivity contribution < 1.29 is 4.92 Å². The molecule has 112 valence electrons. The fourth-order valence-electron chi connectivity index (χ4n) is 1.83. The van der Waals surface area contributed by atoms with E-state index in [-0.39, 0.29) is 5.69 Å². The average molecular weight is 295 g/mol. The zero-order valence-electron chi connectivity index (χ0n) is 12.5. The normalized spacial score (nSPS) is 11.2. The van der Waals surface area contributed by atoms with E-state index in [2.05, 4.69) is 4.99 Å². The Kier molecular flexibility index (Phi) is 5.03. The van der Waals surface area contributed by atoms with Crippen LogP contribution in [0.3, 0.4) is 0 Å². The Morgan fingerprint density at radius 3 is 2.23 bits per heavy atom. The molecule has 2 aromatic carbocycles. The summed E-state index contributed by atoms with van der Waals surface area (Å²) in [5.41, 5.74) is 2.98. The number of benzene rings is 2. The molecule has 0 saturated carbocycles. The van der Waals surface area contributed by atoms with Gasteiger partial charge in [-0.1, -0.05) is 6.08 Å². The third-order valence-corrected chi connectivity index (χ3v) is 3.07. The standard InChI is InChI=1S/C17H17N3O2/c1-19(2)16-11-7-15(8-12-16)18-13-3-4-14-5-9-17(10-6-14)20(21)22/h3-13H,1-2H3/b4-3+,18-13?. The molecule has 2 rings (SSSR count). The molecule has 5 nitrogen and oxygen atoms in total. The predicted octanol–water partition coefficient (Wildman–Crippen LogP) is 4.08. The molecule has 0 radical (unpaired) electrons. The summed E-state index contributed by atoms with van der Waals surface area (Å²) in [6.07, 6.45) is 5.36. The Morgan fingerprint density at radius 1 is 1.05 bits per heavy atom. The Balaban J connectivity index is 1.97. The van der Waals surface area contributed by atoms with Crippen LogP contribution in [0.5, 0.6) is 0 Å². The number of rotatable bonds is 5. The lowest BCUT2D eigenvalue weighted by atomic mass is 10.2. The van der Waals surface area contributed by atoms with Gasteiger partial charge >= 0.3 is 0 Å². The van der Waals surface area contributed by atoms with Crippen LogP contribution in [0.25, 0.3) is 6.08 Å². The van der Waals surface area contributed by atoms with Gasteiger partial charge in [-0.05, 0) is 48.0 Å². The highest BCUT2D eigenvalue weighted by atomic mass is 16.6. The van der Waals surface area contributed by atoms with Gasteiger partial charge in [0.2, 0.25) is 0 Å². The van der Waals surface area contributed by atoms with E-state index in [9.17, 15) is 10.1 Å². The van der Waals surface area contributed by atoms with Crippen molar-refractivity contribution in [1.29, 1.82) is 0 Å². The molecule has 0 aromatic heterocycles. The second-order valence-electron chi connectivity index (χ2n) is 4.90. The summed E-state index contributed by atoms with van der Waals surface area (Å²) < 4.78 is 0. The van der Waals surface area contributed by atoms with Crippen LogP contribution >= 0.6 is 0 Å². The van der Waals surface area contributed by atoms with Gasteiger partial charge in [0.1, 0.15) is 0 Å². The Morgan fingerprint density at radius 2 is 1.68 bits per heavy atom. The molecule has 0 amide bonds. The molecule has 0 saturated heterocycles. The summed E-state index contributed by atoms with van der Waals surface area (Å²) in [5.74, 6) is 0. The molecule has 5 heteroatoms. The number of allylic oxidation sites excluding steroid dienone is 1. The quantitative estimate of drug-likeness (QED) is 0.474. The molecular formula is C17H17N3O2. The lowest BCUT2D eigenvalue weighted by Crippen LogP contribution is -2.07. The van der Waals surface area contributed by atoms with Crippen LogP contribution in [-0.4, -0.2) is 25.2 Å². The van der Waals surface area contributed by atoms with Gasteiger partial charge in [0.15, 0.2) is 0 Å². The van der Waals surface area contributed by atoms with E-state index in [4.69, 9.17) is 0 Å². The number of hydrogen-bond acceptors (Lipinski definition) is 4. The van der Waals surface area contributed by atoms with Crippen LogP contribution in [0.1, 0.15) is 5.56 Å². The first-order valence-corrected chi connectivity index (χ1v) is 6.79. The number of nitro groups is 1. The monoisotopic (exact) mass is 295 g/mol. The topological polar surface area (TPSA) is 58.7 Å². The predicted molar refractivity (Wildman–Crippen MR) is 91.1 cm³/mol. The molecule has 0 heterocycles. The summed E-state index contributed by atoms with van der Waals surface area (Å²) in [7, 11) is 3.98. The van der Waals surface area contributed by atoms with Gasteiger partial charge in [0.25, 0.3) is 5.69 Å². The number of hydrogen-bond donors (Lipinski definition) is 0. The van der Waals surface area contributed by atoms with Crippen molar-refractivity contribution in [3.63, 3.8) is 0 Å². The van der Waals surface area contributed by atoms with Gasteiger partial charge in [-0.15, -0.1) is 0 Å². The minimum absolute atomic E-state index is 0.0896. The summed E-state index contributed by atoms with van der Waals surface area (Å²) in [6.45, 7) is 0. The Labute approximate surface area is 129 Å². The highest BCUT2D eigenvalue weighted by Crippen LogP contribution is 2.17. The van der Waals surface area contributed by atoms with E-state index < -0.39 is 4.92 Å². The van der Waals surface area contributed by atoms with Crippen LogP contribution in [0.2, 0.25) is 0 Å².